The minimum absolute atomic E-state index is 0.218. The van der Waals surface area contributed by atoms with Crippen LogP contribution in [0.15, 0.2) is 58.5 Å². The first-order valence-electron chi connectivity index (χ1n) is 10.4. The average molecular weight is 492 g/mol. The van der Waals surface area contributed by atoms with Gasteiger partial charge in [-0.2, -0.15) is 13.2 Å². The van der Waals surface area contributed by atoms with Crippen LogP contribution in [0.3, 0.4) is 0 Å². The van der Waals surface area contributed by atoms with Crippen molar-refractivity contribution in [3.05, 3.63) is 87.1 Å². The van der Waals surface area contributed by atoms with E-state index in [1.807, 2.05) is 0 Å². The molecule has 11 heteroatoms. The molecule has 0 saturated carbocycles. The van der Waals surface area contributed by atoms with Crippen molar-refractivity contribution in [3.63, 3.8) is 0 Å². The second-order valence-electron chi connectivity index (χ2n) is 7.76. The topological polar surface area (TPSA) is 78.1 Å². The van der Waals surface area contributed by atoms with Gasteiger partial charge in [-0.05, 0) is 29.8 Å². The number of para-hydroxylation sites is 1. The third kappa shape index (κ3) is 5.84. The van der Waals surface area contributed by atoms with E-state index in [1.54, 1.807) is 12.1 Å². The number of hydrogen-bond donors (Lipinski definition) is 2. The fraction of sp³-hybridized carbons (Fsp3) is 0.261. The summed E-state index contributed by atoms with van der Waals surface area (Å²) in [5.74, 6) is -1.17. The number of aromatic amines is 1. The monoisotopic (exact) mass is 492 g/mol. The molecule has 6 nitrogen and oxygen atoms in total. The lowest BCUT2D eigenvalue weighted by molar-refractivity contribution is -0.137. The van der Waals surface area contributed by atoms with E-state index >= 15 is 0 Å². The number of nitrogens with zero attached hydrogens (tertiary/aromatic N) is 2. The Labute approximate surface area is 196 Å². The summed E-state index contributed by atoms with van der Waals surface area (Å²) < 4.78 is 52.4. The lowest BCUT2D eigenvalue weighted by Gasteiger charge is -2.27. The van der Waals surface area contributed by atoms with Gasteiger partial charge in [0.1, 0.15) is 5.82 Å². The summed E-state index contributed by atoms with van der Waals surface area (Å²) in [4.78, 5) is 34.0. The van der Waals surface area contributed by atoms with Crippen LogP contribution in [0.1, 0.15) is 22.4 Å². The van der Waals surface area contributed by atoms with Crippen LogP contribution in [-0.4, -0.2) is 33.1 Å². The van der Waals surface area contributed by atoms with Gasteiger partial charge in [-0.15, -0.1) is 0 Å². The highest BCUT2D eigenvalue weighted by Gasteiger charge is 2.33. The molecule has 0 radical (unpaired) electrons. The number of hydrogen-bond acceptors (Lipinski definition) is 5. The zero-order valence-electron chi connectivity index (χ0n) is 17.8. The molecule has 2 aromatic carbocycles. The van der Waals surface area contributed by atoms with Crippen molar-refractivity contribution in [2.75, 3.05) is 17.6 Å². The van der Waals surface area contributed by atoms with Gasteiger partial charge in [-0.25, -0.2) is 9.37 Å². The van der Waals surface area contributed by atoms with Gasteiger partial charge in [0.2, 0.25) is 5.91 Å². The average Bonchev–Trinajstić information content (AvgIpc) is 2.79. The third-order valence-corrected chi connectivity index (χ3v) is 6.17. The van der Waals surface area contributed by atoms with Crippen molar-refractivity contribution in [2.24, 2.45) is 0 Å². The molecule has 2 N–H and O–H groups in total. The summed E-state index contributed by atoms with van der Waals surface area (Å²) in [5, 5.41) is 2.50. The summed E-state index contributed by atoms with van der Waals surface area (Å²) in [7, 11) is 0. The van der Waals surface area contributed by atoms with Crippen molar-refractivity contribution in [1.29, 1.82) is 0 Å². The number of anilines is 1. The Morgan fingerprint density at radius 3 is 2.62 bits per heavy atom. The summed E-state index contributed by atoms with van der Waals surface area (Å²) in [6.07, 6.45) is -4.06. The lowest BCUT2D eigenvalue weighted by atomic mass is 10.1. The molecular weight excluding hydrogens is 472 g/mol. The van der Waals surface area contributed by atoms with Crippen LogP contribution in [0.5, 0.6) is 0 Å². The number of halogens is 4. The van der Waals surface area contributed by atoms with E-state index in [0.717, 1.165) is 23.4 Å². The third-order valence-electron chi connectivity index (χ3n) is 5.29. The number of fused-ring (bicyclic) bond motifs is 1. The highest BCUT2D eigenvalue weighted by Crippen LogP contribution is 2.34. The maximum Gasteiger partial charge on any atom is 0.418 e. The quantitative estimate of drug-likeness (QED) is 0.306. The Bertz CT molecular complexity index is 1240. The number of carbonyl (C=O) groups is 1. The van der Waals surface area contributed by atoms with Crippen LogP contribution >= 0.6 is 11.8 Å². The fourth-order valence-electron chi connectivity index (χ4n) is 3.67. The number of rotatable bonds is 6. The zero-order valence-corrected chi connectivity index (χ0v) is 18.6. The lowest BCUT2D eigenvalue weighted by Crippen LogP contribution is -2.35. The van der Waals surface area contributed by atoms with Gasteiger partial charge in [0.25, 0.3) is 5.56 Å². The Hall–Kier alpha value is -3.18. The van der Waals surface area contributed by atoms with E-state index in [9.17, 15) is 27.2 Å². The van der Waals surface area contributed by atoms with Crippen LogP contribution in [0.25, 0.3) is 0 Å². The Kier molecular flexibility index (Phi) is 7.03. The fourth-order valence-corrected chi connectivity index (χ4v) is 4.35. The van der Waals surface area contributed by atoms with Crippen molar-refractivity contribution in [1.82, 2.24) is 14.9 Å². The number of benzene rings is 2. The van der Waals surface area contributed by atoms with Crippen LogP contribution in [0, 0.1) is 5.82 Å². The SMILES string of the molecule is O=C(CSc1nc2c(c(=O)[nH]1)CN(Cc1ccc(F)cc1)CC2)Nc1ccccc1C(F)(F)F. The highest BCUT2D eigenvalue weighted by atomic mass is 32.2. The molecule has 3 aromatic rings. The molecule has 0 bridgehead atoms. The first kappa shape index (κ1) is 24.0. The van der Waals surface area contributed by atoms with Crippen molar-refractivity contribution in [2.45, 2.75) is 30.8 Å². The first-order valence-corrected chi connectivity index (χ1v) is 11.4. The minimum Gasteiger partial charge on any atom is -0.325 e. The van der Waals surface area contributed by atoms with Gasteiger partial charge in [0.05, 0.1) is 28.3 Å². The number of thioether (sulfide) groups is 1. The molecule has 0 atom stereocenters. The van der Waals surface area contributed by atoms with E-state index in [4.69, 9.17) is 0 Å². The molecule has 34 heavy (non-hydrogen) atoms. The number of amides is 1. The number of alkyl halides is 3. The Morgan fingerprint density at radius 2 is 1.88 bits per heavy atom. The van der Waals surface area contributed by atoms with Crippen molar-refractivity contribution < 1.29 is 22.4 Å². The van der Waals surface area contributed by atoms with E-state index in [1.165, 1.54) is 30.3 Å². The van der Waals surface area contributed by atoms with Gasteiger partial charge in [0, 0.05) is 26.1 Å². The van der Waals surface area contributed by atoms with Crippen molar-refractivity contribution >= 4 is 23.4 Å². The molecule has 0 saturated heterocycles. The summed E-state index contributed by atoms with van der Waals surface area (Å²) in [6.45, 7) is 1.60. The van der Waals surface area contributed by atoms with Crippen LogP contribution < -0.4 is 10.9 Å². The number of aromatic nitrogens is 2. The Morgan fingerprint density at radius 1 is 1.15 bits per heavy atom. The second-order valence-corrected chi connectivity index (χ2v) is 8.73. The minimum atomic E-state index is -4.59. The molecule has 0 spiro atoms. The standard InChI is InChI=1S/C23H20F4N4O2S/c24-15-7-5-14(6-8-15)11-31-10-9-18-16(12-31)21(33)30-22(29-18)34-13-20(32)28-19-4-2-1-3-17(19)23(25,26)27/h1-8H,9-13H2,(H,28,32)(H,29,30,33). The number of carbonyl (C=O) groups excluding carboxylic acids is 1. The maximum atomic E-state index is 13.1. The molecule has 0 aliphatic carbocycles. The van der Waals surface area contributed by atoms with Gasteiger partial charge in [-0.3, -0.25) is 14.5 Å². The van der Waals surface area contributed by atoms with Gasteiger partial charge < -0.3 is 10.3 Å². The summed E-state index contributed by atoms with van der Waals surface area (Å²) in [6, 6.07) is 10.9. The first-order chi connectivity index (χ1) is 16.2. The summed E-state index contributed by atoms with van der Waals surface area (Å²) in [5.41, 5.74) is 0.511. The van der Waals surface area contributed by atoms with E-state index in [2.05, 4.69) is 20.2 Å². The molecular formula is C23H20F4N4O2S. The van der Waals surface area contributed by atoms with E-state index in [-0.39, 0.29) is 28.0 Å². The molecule has 0 fully saturated rings. The van der Waals surface area contributed by atoms with Gasteiger partial charge in [0.15, 0.2) is 5.16 Å². The molecule has 178 valence electrons. The zero-order chi connectivity index (χ0) is 24.3. The molecule has 2 heterocycles. The largest absolute Gasteiger partial charge is 0.418 e. The van der Waals surface area contributed by atoms with Crippen molar-refractivity contribution in [3.8, 4) is 0 Å². The smallest absolute Gasteiger partial charge is 0.325 e. The second kappa shape index (κ2) is 9.98. The van der Waals surface area contributed by atoms with Crippen LogP contribution in [0.2, 0.25) is 0 Å². The Balaban J connectivity index is 1.38. The molecule has 1 aliphatic heterocycles. The maximum absolute atomic E-state index is 13.1. The van der Waals surface area contributed by atoms with Crippen LogP contribution in [0.4, 0.5) is 23.2 Å². The molecule has 0 unspecified atom stereocenters. The molecule has 1 amide bonds. The predicted molar refractivity (Wildman–Crippen MR) is 120 cm³/mol. The molecule has 1 aromatic heterocycles. The normalized spacial score (nSPS) is 14.0. The predicted octanol–water partition coefficient (Wildman–Crippen LogP) is 4.22. The van der Waals surface area contributed by atoms with E-state index in [0.29, 0.717) is 37.3 Å². The van der Waals surface area contributed by atoms with Gasteiger partial charge in [-0.1, -0.05) is 36.0 Å². The van der Waals surface area contributed by atoms with E-state index < -0.39 is 17.6 Å². The highest BCUT2D eigenvalue weighted by molar-refractivity contribution is 7.99. The van der Waals surface area contributed by atoms with Gasteiger partial charge >= 0.3 is 6.18 Å². The summed E-state index contributed by atoms with van der Waals surface area (Å²) >= 11 is 0.944. The number of H-pyrrole nitrogens is 1. The molecule has 1 aliphatic rings. The number of nitrogens with one attached hydrogen (secondary N) is 2. The van der Waals surface area contributed by atoms with Crippen LogP contribution in [-0.2, 0) is 30.5 Å². The molecule has 4 rings (SSSR count).